The fraction of sp³-hybridized carbons (Fsp3) is 0.294. The van der Waals surface area contributed by atoms with Crippen LogP contribution in [0.1, 0.15) is 34.7 Å². The van der Waals surface area contributed by atoms with Crippen LogP contribution in [0.2, 0.25) is 0 Å². The lowest BCUT2D eigenvalue weighted by atomic mass is 9.94. The quantitative estimate of drug-likeness (QED) is 0.877. The largest absolute Gasteiger partial charge is 0.324 e. The number of rotatable bonds is 4. The van der Waals surface area contributed by atoms with E-state index >= 15 is 0 Å². The van der Waals surface area contributed by atoms with E-state index in [1.807, 2.05) is 38.1 Å². The molecule has 0 fully saturated rings. The topological polar surface area (TPSA) is 26.0 Å². The molecule has 1 nitrogen and oxygen atoms in total. The van der Waals surface area contributed by atoms with Crippen LogP contribution in [0.25, 0.3) is 0 Å². The van der Waals surface area contributed by atoms with Crippen molar-refractivity contribution < 1.29 is 4.39 Å². The highest BCUT2D eigenvalue weighted by Crippen LogP contribution is 2.24. The van der Waals surface area contributed by atoms with E-state index in [9.17, 15) is 4.39 Å². The number of halogens is 1. The molecule has 2 rings (SSSR count). The molecule has 0 spiro atoms. The molecule has 2 N–H and O–H groups in total. The Morgan fingerprint density at radius 3 is 2.42 bits per heavy atom. The zero-order valence-corrected chi connectivity index (χ0v) is 11.5. The van der Waals surface area contributed by atoms with Gasteiger partial charge in [-0.2, -0.15) is 0 Å². The fourth-order valence-corrected chi connectivity index (χ4v) is 2.51. The first-order valence-corrected chi connectivity index (χ1v) is 6.64. The molecule has 0 saturated carbocycles. The van der Waals surface area contributed by atoms with Crippen LogP contribution in [0.15, 0.2) is 42.5 Å². The van der Waals surface area contributed by atoms with Crippen LogP contribution >= 0.6 is 0 Å². The van der Waals surface area contributed by atoms with Crippen molar-refractivity contribution in [2.24, 2.45) is 5.73 Å². The third-order valence-electron chi connectivity index (χ3n) is 3.44. The first-order chi connectivity index (χ1) is 9.08. The lowest BCUT2D eigenvalue weighted by molar-refractivity contribution is 0.559. The van der Waals surface area contributed by atoms with Gasteiger partial charge < -0.3 is 5.73 Å². The molecular formula is C17H20FN. The Balaban J connectivity index is 2.10. The predicted octanol–water partition coefficient (Wildman–Crippen LogP) is 4.08. The van der Waals surface area contributed by atoms with Gasteiger partial charge in [0.15, 0.2) is 0 Å². The normalized spacial score (nSPS) is 12.4. The molecule has 19 heavy (non-hydrogen) atoms. The summed E-state index contributed by atoms with van der Waals surface area (Å²) in [7, 11) is 0. The van der Waals surface area contributed by atoms with Crippen molar-refractivity contribution in [2.45, 2.75) is 32.7 Å². The third-order valence-corrected chi connectivity index (χ3v) is 3.44. The van der Waals surface area contributed by atoms with Crippen LogP contribution < -0.4 is 5.73 Å². The van der Waals surface area contributed by atoms with Crippen molar-refractivity contribution in [3.8, 4) is 0 Å². The molecular weight excluding hydrogens is 237 g/mol. The van der Waals surface area contributed by atoms with Crippen LogP contribution in [-0.2, 0) is 6.42 Å². The second-order valence-electron chi connectivity index (χ2n) is 5.11. The summed E-state index contributed by atoms with van der Waals surface area (Å²) >= 11 is 0. The Hall–Kier alpha value is -1.67. The molecule has 100 valence electrons. The Labute approximate surface area is 114 Å². The van der Waals surface area contributed by atoms with Crippen molar-refractivity contribution >= 4 is 0 Å². The maximum Gasteiger partial charge on any atom is 0.128 e. The summed E-state index contributed by atoms with van der Waals surface area (Å²) in [6.45, 7) is 3.82. The van der Waals surface area contributed by atoms with E-state index in [-0.39, 0.29) is 11.9 Å². The Bertz CT molecular complexity index is 525. The highest BCUT2D eigenvalue weighted by molar-refractivity contribution is 5.34. The average Bonchev–Trinajstić information content (AvgIpc) is 2.36. The van der Waals surface area contributed by atoms with E-state index in [1.165, 1.54) is 5.56 Å². The van der Waals surface area contributed by atoms with Gasteiger partial charge in [-0.1, -0.05) is 36.4 Å². The number of nitrogens with two attached hydrogens (primary N) is 1. The Morgan fingerprint density at radius 1 is 1.11 bits per heavy atom. The summed E-state index contributed by atoms with van der Waals surface area (Å²) in [6.07, 6.45) is 1.62. The highest BCUT2D eigenvalue weighted by Gasteiger charge is 2.14. The van der Waals surface area contributed by atoms with Crippen molar-refractivity contribution in [1.29, 1.82) is 0 Å². The van der Waals surface area contributed by atoms with Gasteiger partial charge >= 0.3 is 0 Å². The summed E-state index contributed by atoms with van der Waals surface area (Å²) in [4.78, 5) is 0. The molecule has 2 heteroatoms. The number of hydrogen-bond donors (Lipinski definition) is 1. The lowest BCUT2D eigenvalue weighted by Gasteiger charge is -2.16. The van der Waals surface area contributed by atoms with Gasteiger partial charge in [0.05, 0.1) is 0 Å². The molecule has 1 unspecified atom stereocenters. The van der Waals surface area contributed by atoms with Crippen LogP contribution in [0, 0.1) is 19.7 Å². The zero-order valence-electron chi connectivity index (χ0n) is 11.5. The maximum absolute atomic E-state index is 14.0. The van der Waals surface area contributed by atoms with Gasteiger partial charge in [-0.05, 0) is 49.4 Å². The Morgan fingerprint density at radius 2 is 1.79 bits per heavy atom. The minimum absolute atomic E-state index is 0.182. The standard InChI is InChI=1S/C17H20FN/c1-12-10-13(2)17(15(18)11-12)16(19)9-8-14-6-4-3-5-7-14/h3-7,10-11,16H,8-9,19H2,1-2H3. The van der Waals surface area contributed by atoms with Gasteiger partial charge in [0.2, 0.25) is 0 Å². The number of hydrogen-bond acceptors (Lipinski definition) is 1. The molecule has 0 amide bonds. The first-order valence-electron chi connectivity index (χ1n) is 6.64. The van der Waals surface area contributed by atoms with E-state index in [1.54, 1.807) is 6.07 Å². The molecule has 0 aliphatic rings. The van der Waals surface area contributed by atoms with Crippen LogP contribution in [-0.4, -0.2) is 0 Å². The summed E-state index contributed by atoms with van der Waals surface area (Å²) in [5.41, 5.74) is 9.93. The second kappa shape index (κ2) is 5.98. The second-order valence-corrected chi connectivity index (χ2v) is 5.11. The fourth-order valence-electron chi connectivity index (χ4n) is 2.51. The van der Waals surface area contributed by atoms with Crippen molar-refractivity contribution in [3.63, 3.8) is 0 Å². The first kappa shape index (κ1) is 13.8. The predicted molar refractivity (Wildman–Crippen MR) is 77.6 cm³/mol. The van der Waals surface area contributed by atoms with E-state index in [0.29, 0.717) is 5.56 Å². The molecule has 0 aliphatic heterocycles. The van der Waals surface area contributed by atoms with Crippen LogP contribution in [0.3, 0.4) is 0 Å². The zero-order chi connectivity index (χ0) is 13.8. The molecule has 0 heterocycles. The van der Waals surface area contributed by atoms with E-state index < -0.39 is 0 Å². The molecule has 2 aromatic rings. The summed E-state index contributed by atoms with van der Waals surface area (Å²) < 4.78 is 14.0. The van der Waals surface area contributed by atoms with Crippen molar-refractivity contribution in [1.82, 2.24) is 0 Å². The highest BCUT2D eigenvalue weighted by atomic mass is 19.1. The van der Waals surface area contributed by atoms with Crippen molar-refractivity contribution in [3.05, 3.63) is 70.5 Å². The van der Waals surface area contributed by atoms with E-state index in [4.69, 9.17) is 5.73 Å². The van der Waals surface area contributed by atoms with E-state index in [0.717, 1.165) is 24.0 Å². The maximum atomic E-state index is 14.0. The molecule has 0 radical (unpaired) electrons. The lowest BCUT2D eigenvalue weighted by Crippen LogP contribution is -2.15. The van der Waals surface area contributed by atoms with Gasteiger partial charge in [-0.25, -0.2) is 4.39 Å². The molecule has 1 atom stereocenters. The number of benzene rings is 2. The molecule has 0 bridgehead atoms. The number of aryl methyl sites for hydroxylation is 3. The van der Waals surface area contributed by atoms with Gasteiger partial charge in [0, 0.05) is 11.6 Å². The van der Waals surface area contributed by atoms with Gasteiger partial charge in [0.1, 0.15) is 5.82 Å². The van der Waals surface area contributed by atoms with Crippen LogP contribution in [0.4, 0.5) is 4.39 Å². The van der Waals surface area contributed by atoms with Crippen LogP contribution in [0.5, 0.6) is 0 Å². The minimum atomic E-state index is -0.249. The summed E-state index contributed by atoms with van der Waals surface area (Å²) in [5.74, 6) is -0.182. The summed E-state index contributed by atoms with van der Waals surface area (Å²) in [5, 5.41) is 0. The van der Waals surface area contributed by atoms with E-state index in [2.05, 4.69) is 12.1 Å². The minimum Gasteiger partial charge on any atom is -0.324 e. The molecule has 0 aliphatic carbocycles. The average molecular weight is 257 g/mol. The summed E-state index contributed by atoms with van der Waals surface area (Å²) in [6, 6.07) is 13.5. The third kappa shape index (κ3) is 3.42. The van der Waals surface area contributed by atoms with Crippen molar-refractivity contribution in [2.75, 3.05) is 0 Å². The molecule has 0 aromatic heterocycles. The van der Waals surface area contributed by atoms with Gasteiger partial charge in [-0.3, -0.25) is 0 Å². The molecule has 0 saturated heterocycles. The van der Waals surface area contributed by atoms with Gasteiger partial charge in [-0.15, -0.1) is 0 Å². The SMILES string of the molecule is Cc1cc(C)c(C(N)CCc2ccccc2)c(F)c1. The monoisotopic (exact) mass is 257 g/mol. The Kier molecular flexibility index (Phi) is 4.33. The van der Waals surface area contributed by atoms with Gasteiger partial charge in [0.25, 0.3) is 0 Å². The smallest absolute Gasteiger partial charge is 0.128 e. The molecule has 2 aromatic carbocycles.